The van der Waals surface area contributed by atoms with Crippen LogP contribution in [-0.4, -0.2) is 44.3 Å². The third-order valence-electron chi connectivity index (χ3n) is 6.89. The number of hydrogen-bond donors (Lipinski definition) is 2. The highest BCUT2D eigenvalue weighted by Crippen LogP contribution is 2.37. The number of nitrogens with one attached hydrogen (secondary N) is 2. The Balaban J connectivity index is 1.21. The van der Waals surface area contributed by atoms with Crippen molar-refractivity contribution in [3.8, 4) is 5.75 Å². The van der Waals surface area contributed by atoms with E-state index in [0.717, 1.165) is 21.4 Å². The average molecular weight is 665 g/mol. The summed E-state index contributed by atoms with van der Waals surface area (Å²) in [5.41, 5.74) is 0.747. The van der Waals surface area contributed by atoms with E-state index in [0.29, 0.717) is 21.5 Å². The van der Waals surface area contributed by atoms with Crippen LogP contribution in [0.5, 0.6) is 5.75 Å². The van der Waals surface area contributed by atoms with Crippen LogP contribution in [0.4, 0.5) is 39.0 Å². The summed E-state index contributed by atoms with van der Waals surface area (Å²) in [4.78, 5) is 16.1. The molecule has 0 spiro atoms. The predicted octanol–water partition coefficient (Wildman–Crippen LogP) is 6.76. The molecule has 1 heterocycles. The monoisotopic (exact) mass is 664 g/mol. The lowest BCUT2D eigenvalue weighted by Gasteiger charge is -2.37. The minimum atomic E-state index is -2.18. The number of ether oxygens (including phenoxy) is 1. The van der Waals surface area contributed by atoms with Gasteiger partial charge in [0.2, 0.25) is 5.82 Å². The fraction of sp³-hybridized carbons (Fsp3) is 0.172. The molecule has 0 aromatic heterocycles. The molecule has 1 fully saturated rings. The second-order valence-electron chi connectivity index (χ2n) is 9.34. The number of amides is 1. The number of fused-ring (bicyclic) bond motifs is 1. The van der Waals surface area contributed by atoms with Gasteiger partial charge in [-0.25, -0.2) is 22.0 Å². The molecule has 5 rings (SSSR count). The zero-order valence-electron chi connectivity index (χ0n) is 21.9. The van der Waals surface area contributed by atoms with Gasteiger partial charge in [-0.15, -0.1) is 0 Å². The Hall–Kier alpha value is -3.97. The van der Waals surface area contributed by atoms with E-state index in [2.05, 4.69) is 26.6 Å². The number of piperazine rings is 1. The normalized spacial score (nSPS) is 13.3. The second kappa shape index (κ2) is 12.1. The van der Waals surface area contributed by atoms with E-state index in [1.54, 1.807) is 30.3 Å². The van der Waals surface area contributed by atoms with E-state index in [9.17, 15) is 26.7 Å². The van der Waals surface area contributed by atoms with E-state index in [4.69, 9.17) is 17.0 Å². The quantitative estimate of drug-likeness (QED) is 0.106. The maximum Gasteiger partial charge on any atom is 0.261 e. The highest BCUT2D eigenvalue weighted by atomic mass is 79.9. The van der Waals surface area contributed by atoms with Crippen LogP contribution in [0.15, 0.2) is 59.1 Å². The van der Waals surface area contributed by atoms with Crippen LogP contribution in [0.3, 0.4) is 0 Å². The van der Waals surface area contributed by atoms with Crippen LogP contribution in [0, 0.1) is 29.1 Å². The van der Waals surface area contributed by atoms with Crippen molar-refractivity contribution in [3.05, 3.63) is 93.7 Å². The van der Waals surface area contributed by atoms with E-state index in [-0.39, 0.29) is 31.3 Å². The largest absolute Gasteiger partial charge is 0.495 e. The Morgan fingerprint density at radius 2 is 1.43 bits per heavy atom. The van der Waals surface area contributed by atoms with Crippen LogP contribution in [0.1, 0.15) is 10.4 Å². The molecular weight excluding hydrogens is 643 g/mol. The molecule has 1 saturated heterocycles. The van der Waals surface area contributed by atoms with Gasteiger partial charge in [0.1, 0.15) is 11.4 Å². The molecule has 2 N–H and O–H groups in total. The number of carbonyl (C=O) groups excluding carboxylic acids is 1. The van der Waals surface area contributed by atoms with Crippen LogP contribution < -0.4 is 25.2 Å². The SMILES string of the molecule is COc1c(C(=O)NC(=S)Nc2ccc(N3CCN(c4c(F)c(F)c(F)c(F)c4F)CC3)cc2)cc2ccccc2c1Br. The Kier molecular flexibility index (Phi) is 8.50. The highest BCUT2D eigenvalue weighted by Gasteiger charge is 2.31. The first-order valence-corrected chi connectivity index (χ1v) is 13.8. The maximum absolute atomic E-state index is 14.2. The smallest absolute Gasteiger partial charge is 0.261 e. The summed E-state index contributed by atoms with van der Waals surface area (Å²) in [6.07, 6.45) is 0. The van der Waals surface area contributed by atoms with Crippen LogP contribution in [0.2, 0.25) is 0 Å². The van der Waals surface area contributed by atoms with Crippen molar-refractivity contribution in [2.45, 2.75) is 0 Å². The molecule has 0 saturated carbocycles. The fourth-order valence-electron chi connectivity index (χ4n) is 4.80. The van der Waals surface area contributed by atoms with Crippen molar-refractivity contribution in [2.75, 3.05) is 48.4 Å². The molecule has 218 valence electrons. The van der Waals surface area contributed by atoms with Gasteiger partial charge in [-0.05, 0) is 69.3 Å². The van der Waals surface area contributed by atoms with Crippen molar-refractivity contribution in [3.63, 3.8) is 0 Å². The number of rotatable bonds is 5. The number of hydrogen-bond acceptors (Lipinski definition) is 5. The van der Waals surface area contributed by atoms with Gasteiger partial charge in [-0.1, -0.05) is 24.3 Å². The molecule has 0 bridgehead atoms. The summed E-state index contributed by atoms with van der Waals surface area (Å²) in [7, 11) is 1.47. The van der Waals surface area contributed by atoms with Crippen molar-refractivity contribution in [1.29, 1.82) is 0 Å². The van der Waals surface area contributed by atoms with Crippen molar-refractivity contribution >= 4 is 67.0 Å². The topological polar surface area (TPSA) is 56.8 Å². The summed E-state index contributed by atoms with van der Waals surface area (Å²) >= 11 is 8.85. The molecule has 1 amide bonds. The van der Waals surface area contributed by atoms with Gasteiger partial charge in [0.05, 0.1) is 17.1 Å². The van der Waals surface area contributed by atoms with E-state index in [1.165, 1.54) is 7.11 Å². The van der Waals surface area contributed by atoms with Gasteiger partial charge in [0.25, 0.3) is 5.91 Å². The van der Waals surface area contributed by atoms with Crippen molar-refractivity contribution in [1.82, 2.24) is 5.32 Å². The van der Waals surface area contributed by atoms with E-state index in [1.807, 2.05) is 29.2 Å². The molecule has 0 radical (unpaired) electrons. The third kappa shape index (κ3) is 5.58. The van der Waals surface area contributed by atoms with E-state index < -0.39 is 40.7 Å². The lowest BCUT2D eigenvalue weighted by Crippen LogP contribution is -2.47. The minimum absolute atomic E-state index is 0.0445. The summed E-state index contributed by atoms with van der Waals surface area (Å²) in [5, 5.41) is 7.41. The van der Waals surface area contributed by atoms with Gasteiger partial charge in [-0.3, -0.25) is 10.1 Å². The fourth-order valence-corrected chi connectivity index (χ4v) is 5.75. The van der Waals surface area contributed by atoms with Crippen molar-refractivity contribution in [2.24, 2.45) is 0 Å². The molecule has 0 unspecified atom stereocenters. The molecule has 4 aromatic carbocycles. The predicted molar refractivity (Wildman–Crippen MR) is 159 cm³/mol. The van der Waals surface area contributed by atoms with E-state index >= 15 is 0 Å². The zero-order chi connectivity index (χ0) is 30.1. The molecule has 13 heteroatoms. The number of anilines is 3. The summed E-state index contributed by atoms with van der Waals surface area (Å²) < 4.78 is 75.3. The van der Waals surface area contributed by atoms with Gasteiger partial charge < -0.3 is 19.9 Å². The Bertz CT molecular complexity index is 1670. The van der Waals surface area contributed by atoms with Crippen LogP contribution >= 0.6 is 28.1 Å². The lowest BCUT2D eigenvalue weighted by molar-refractivity contribution is 0.0975. The number of carbonyl (C=O) groups is 1. The molecule has 0 atom stereocenters. The lowest BCUT2D eigenvalue weighted by atomic mass is 10.1. The summed E-state index contributed by atoms with van der Waals surface area (Å²) in [5.74, 6) is -9.88. The van der Waals surface area contributed by atoms with Crippen LogP contribution in [0.25, 0.3) is 10.8 Å². The standard InChI is InChI=1S/C29H22BrF5N4O2S/c1-41-27-19(14-15-4-2-3-5-18(15)20(27)30)28(40)37-29(42)36-16-6-8-17(9-7-16)38-10-12-39(13-11-38)26-24(34)22(32)21(31)23(33)25(26)35/h2-9,14H,10-13H2,1H3,(H2,36,37,40,42). The molecular formula is C29H22BrF5N4O2S. The number of thiocarbonyl (C=S) groups is 1. The van der Waals surface area contributed by atoms with Gasteiger partial charge in [0, 0.05) is 37.6 Å². The Labute approximate surface area is 251 Å². The Morgan fingerprint density at radius 1 is 0.857 bits per heavy atom. The summed E-state index contributed by atoms with van der Waals surface area (Å²) in [6.45, 7) is 0.652. The number of benzene rings is 4. The van der Waals surface area contributed by atoms with Gasteiger partial charge >= 0.3 is 0 Å². The van der Waals surface area contributed by atoms with Gasteiger partial charge in [0.15, 0.2) is 28.4 Å². The molecule has 1 aliphatic heterocycles. The van der Waals surface area contributed by atoms with Gasteiger partial charge in [-0.2, -0.15) is 0 Å². The number of methoxy groups -OCH3 is 1. The first-order valence-electron chi connectivity index (χ1n) is 12.6. The van der Waals surface area contributed by atoms with Crippen molar-refractivity contribution < 1.29 is 31.5 Å². The highest BCUT2D eigenvalue weighted by molar-refractivity contribution is 9.10. The molecule has 6 nitrogen and oxygen atoms in total. The number of nitrogens with zero attached hydrogens (tertiary/aromatic N) is 2. The third-order valence-corrected chi connectivity index (χ3v) is 7.88. The number of halogens is 6. The minimum Gasteiger partial charge on any atom is -0.495 e. The maximum atomic E-state index is 14.2. The average Bonchev–Trinajstić information content (AvgIpc) is 3.00. The molecule has 0 aliphatic carbocycles. The zero-order valence-corrected chi connectivity index (χ0v) is 24.3. The molecule has 4 aromatic rings. The first kappa shape index (κ1) is 29.5. The molecule has 42 heavy (non-hydrogen) atoms. The summed E-state index contributed by atoms with van der Waals surface area (Å²) in [6, 6.07) is 16.3. The second-order valence-corrected chi connectivity index (χ2v) is 10.5. The first-order chi connectivity index (χ1) is 20.1. The Morgan fingerprint density at radius 3 is 2.05 bits per heavy atom. The van der Waals surface area contributed by atoms with Crippen LogP contribution in [-0.2, 0) is 0 Å². The molecule has 1 aliphatic rings.